The standard InChI is InChI=1S/C39H54N2O2Se2/c1-2-3-4-5-6-8-11-14-21-31-40-33-24-17-19-26-35(33)44-37(40)28-23-29-38-41(34-25-18-20-27-36(34)45-38)32-22-15-12-9-7-10-13-16-30-39(42)43/h17-20,23-29H,2-16,21-22,30-32H2,1H3. The number of hydrogen-bond acceptors (Lipinski definition) is 3. The third-order valence-electron chi connectivity index (χ3n) is 8.75. The molecule has 0 saturated heterocycles. The van der Waals surface area contributed by atoms with E-state index in [4.69, 9.17) is 0 Å². The second-order valence-corrected chi connectivity index (χ2v) is 16.9. The molecule has 1 aromatic heterocycles. The topological polar surface area (TPSA) is 47.2 Å². The number of anilines is 1. The number of benzene rings is 2. The van der Waals surface area contributed by atoms with Crippen LogP contribution in [0.1, 0.15) is 127 Å². The third kappa shape index (κ3) is 12.2. The molecule has 1 aliphatic heterocycles. The summed E-state index contributed by atoms with van der Waals surface area (Å²) in [4.78, 5) is 13.1. The molecule has 0 fully saturated rings. The van der Waals surface area contributed by atoms with Crippen LogP contribution in [-0.2, 0) is 11.3 Å². The Bertz CT molecular complexity index is 1360. The number of carbonyl (C=O) groups excluding carboxylic acids is 1. The fraction of sp³-hybridized carbons (Fsp3) is 0.538. The van der Waals surface area contributed by atoms with Gasteiger partial charge >= 0.3 is 263 Å². The SMILES string of the molecule is CCCCCCCCCCC[n+]1c(/C=C/C=C2\[Se]c3ccccc3N2CCCCCCCCCCC(=O)[O-])[se]c2ccccc21. The fourth-order valence-electron chi connectivity index (χ4n) is 6.21. The van der Waals surface area contributed by atoms with Gasteiger partial charge in [0.05, 0.1) is 0 Å². The predicted octanol–water partition coefficient (Wildman–Crippen LogP) is 7.68. The second-order valence-electron chi connectivity index (χ2n) is 12.4. The Morgan fingerprint density at radius 3 is 2.13 bits per heavy atom. The van der Waals surface area contributed by atoms with Crippen LogP contribution < -0.4 is 19.0 Å². The first-order chi connectivity index (χ1) is 22.2. The van der Waals surface area contributed by atoms with Crippen molar-refractivity contribution in [2.24, 2.45) is 0 Å². The summed E-state index contributed by atoms with van der Waals surface area (Å²) in [5, 5.41) is 10.6. The molecule has 1 aliphatic rings. The average molecular weight is 741 g/mol. The quantitative estimate of drug-likeness (QED) is 0.0570. The molecule has 0 radical (unpaired) electrons. The van der Waals surface area contributed by atoms with E-state index in [9.17, 15) is 9.90 Å². The number of aliphatic carboxylic acids is 1. The van der Waals surface area contributed by atoms with E-state index >= 15 is 0 Å². The van der Waals surface area contributed by atoms with Gasteiger partial charge in [-0.25, -0.2) is 0 Å². The number of hydrogen-bond donors (Lipinski definition) is 0. The maximum atomic E-state index is 10.6. The Hall–Kier alpha value is -2.10. The van der Waals surface area contributed by atoms with Crippen LogP contribution in [0.15, 0.2) is 65.3 Å². The summed E-state index contributed by atoms with van der Waals surface area (Å²) in [7, 11) is 0. The molecule has 0 bridgehead atoms. The summed E-state index contributed by atoms with van der Waals surface area (Å²) in [6, 6.07) is 18.0. The zero-order valence-corrected chi connectivity index (χ0v) is 30.9. The molecule has 0 N–H and O–H groups in total. The number of unbranched alkanes of at least 4 members (excludes halogenated alkanes) is 15. The molecule has 2 heterocycles. The number of carbonyl (C=O) groups is 1. The monoisotopic (exact) mass is 742 g/mol. The number of aromatic nitrogens is 1. The van der Waals surface area contributed by atoms with Crippen LogP contribution in [0.4, 0.5) is 5.69 Å². The van der Waals surface area contributed by atoms with E-state index in [2.05, 4.69) is 83.1 Å². The van der Waals surface area contributed by atoms with Crippen LogP contribution >= 0.6 is 0 Å². The molecule has 244 valence electrons. The summed E-state index contributed by atoms with van der Waals surface area (Å²) < 4.78 is 8.60. The summed E-state index contributed by atoms with van der Waals surface area (Å²) in [5.41, 5.74) is 2.84. The molecular formula is C39H54N2O2Se2. The molecule has 6 heteroatoms. The minimum absolute atomic E-state index is 0.204. The molecule has 0 saturated carbocycles. The van der Waals surface area contributed by atoms with Crippen LogP contribution in [0, 0.1) is 0 Å². The van der Waals surface area contributed by atoms with Crippen molar-refractivity contribution in [2.45, 2.75) is 129 Å². The molecule has 45 heavy (non-hydrogen) atoms. The van der Waals surface area contributed by atoms with Crippen molar-refractivity contribution in [1.82, 2.24) is 0 Å². The Morgan fingerprint density at radius 1 is 0.778 bits per heavy atom. The van der Waals surface area contributed by atoms with Gasteiger partial charge in [0.1, 0.15) is 0 Å². The molecule has 0 spiro atoms. The zero-order valence-electron chi connectivity index (χ0n) is 27.5. The number of allylic oxidation sites excluding steroid dienone is 2. The Labute approximate surface area is 284 Å². The van der Waals surface area contributed by atoms with E-state index in [1.54, 1.807) is 0 Å². The number of carboxylic acid groups (broad SMARTS) is 1. The van der Waals surface area contributed by atoms with Crippen LogP contribution in [0.25, 0.3) is 15.9 Å². The fourth-order valence-corrected chi connectivity index (χ4v) is 10.8. The van der Waals surface area contributed by atoms with Crippen molar-refractivity contribution in [1.29, 1.82) is 0 Å². The third-order valence-corrected chi connectivity index (χ3v) is 13.5. The summed E-state index contributed by atoms with van der Waals surface area (Å²) in [6.07, 6.45) is 28.7. The van der Waals surface area contributed by atoms with Gasteiger partial charge in [-0.05, 0) is 0 Å². The molecule has 0 aliphatic carbocycles. The van der Waals surface area contributed by atoms with Crippen molar-refractivity contribution in [3.8, 4) is 0 Å². The van der Waals surface area contributed by atoms with Crippen molar-refractivity contribution < 1.29 is 14.5 Å². The van der Waals surface area contributed by atoms with E-state index in [-0.39, 0.29) is 6.42 Å². The van der Waals surface area contributed by atoms with E-state index in [0.29, 0.717) is 29.5 Å². The molecule has 0 unspecified atom stereocenters. The van der Waals surface area contributed by atoms with Gasteiger partial charge in [-0.2, -0.15) is 0 Å². The van der Waals surface area contributed by atoms with E-state index in [1.807, 2.05) is 0 Å². The zero-order chi connectivity index (χ0) is 31.5. The molecule has 0 atom stereocenters. The van der Waals surface area contributed by atoms with Gasteiger partial charge in [0.25, 0.3) is 0 Å². The minimum atomic E-state index is -0.918. The van der Waals surface area contributed by atoms with Gasteiger partial charge in [0, 0.05) is 5.97 Å². The van der Waals surface area contributed by atoms with Crippen molar-refractivity contribution in [2.75, 3.05) is 11.4 Å². The number of carboxylic acids is 1. The number of aryl methyl sites for hydroxylation is 1. The van der Waals surface area contributed by atoms with Gasteiger partial charge in [0.2, 0.25) is 0 Å². The Balaban J connectivity index is 1.29. The summed E-state index contributed by atoms with van der Waals surface area (Å²) >= 11 is 0.707. The van der Waals surface area contributed by atoms with E-state index < -0.39 is 5.97 Å². The normalized spacial score (nSPS) is 13.9. The number of fused-ring (bicyclic) bond motifs is 2. The van der Waals surface area contributed by atoms with Crippen molar-refractivity contribution in [3.63, 3.8) is 0 Å². The maximum absolute atomic E-state index is 10.6. The van der Waals surface area contributed by atoms with E-state index in [0.717, 1.165) is 32.4 Å². The van der Waals surface area contributed by atoms with E-state index in [1.165, 1.54) is 119 Å². The molecule has 2 aromatic carbocycles. The number of rotatable bonds is 23. The van der Waals surface area contributed by atoms with Crippen molar-refractivity contribution >= 4 is 61.4 Å². The second kappa shape index (κ2) is 20.9. The molecule has 4 rings (SSSR count). The summed E-state index contributed by atoms with van der Waals surface area (Å²) in [5.74, 6) is -0.918. The Kier molecular flexibility index (Phi) is 16.6. The van der Waals surface area contributed by atoms with Gasteiger partial charge in [-0.1, -0.05) is 6.92 Å². The number of para-hydroxylation sites is 2. The van der Waals surface area contributed by atoms with Gasteiger partial charge in [-0.3, -0.25) is 0 Å². The van der Waals surface area contributed by atoms with Crippen molar-refractivity contribution in [3.05, 3.63) is 69.8 Å². The van der Waals surface area contributed by atoms with Crippen LogP contribution in [0.3, 0.4) is 0 Å². The molecule has 0 amide bonds. The predicted molar refractivity (Wildman–Crippen MR) is 191 cm³/mol. The summed E-state index contributed by atoms with van der Waals surface area (Å²) in [6.45, 7) is 4.51. The molecular weight excluding hydrogens is 686 g/mol. The Morgan fingerprint density at radius 2 is 1.40 bits per heavy atom. The first kappa shape index (κ1) is 35.7. The number of nitrogens with zero attached hydrogens (tertiary/aromatic N) is 2. The molecule has 4 nitrogen and oxygen atoms in total. The van der Waals surface area contributed by atoms with Crippen LogP contribution in [0.5, 0.6) is 0 Å². The van der Waals surface area contributed by atoms with Gasteiger partial charge in [-0.15, -0.1) is 0 Å². The van der Waals surface area contributed by atoms with Gasteiger partial charge < -0.3 is 9.90 Å². The van der Waals surface area contributed by atoms with Crippen LogP contribution in [-0.4, -0.2) is 42.0 Å². The van der Waals surface area contributed by atoms with Crippen LogP contribution in [0.2, 0.25) is 0 Å². The average Bonchev–Trinajstić information content (AvgIpc) is 3.58. The first-order valence-corrected chi connectivity index (χ1v) is 21.1. The molecule has 3 aromatic rings. The van der Waals surface area contributed by atoms with Gasteiger partial charge in [0.15, 0.2) is 0 Å². The first-order valence-electron chi connectivity index (χ1n) is 17.7.